The van der Waals surface area contributed by atoms with Gasteiger partial charge >= 0.3 is 0 Å². The Morgan fingerprint density at radius 1 is 1.28 bits per heavy atom. The van der Waals surface area contributed by atoms with Crippen molar-refractivity contribution >= 4 is 27.3 Å². The monoisotopic (exact) mass is 357 g/mol. The van der Waals surface area contributed by atoms with Crippen molar-refractivity contribution in [2.24, 2.45) is 0 Å². The van der Waals surface area contributed by atoms with Gasteiger partial charge in [-0.05, 0) is 30.3 Å². The van der Waals surface area contributed by atoms with Crippen LogP contribution in [0.25, 0.3) is 0 Å². The molecule has 1 heterocycles. The van der Waals surface area contributed by atoms with Crippen LogP contribution >= 0.6 is 0 Å². The van der Waals surface area contributed by atoms with E-state index in [0.29, 0.717) is 28.3 Å². The van der Waals surface area contributed by atoms with Crippen LogP contribution < -0.4 is 14.4 Å². The molecule has 0 saturated heterocycles. The van der Waals surface area contributed by atoms with Gasteiger partial charge in [0.15, 0.2) is 0 Å². The van der Waals surface area contributed by atoms with Crippen LogP contribution in [0.3, 0.4) is 0 Å². The number of carbonyl (C=O) groups is 1. The molecule has 7 nitrogen and oxygen atoms in total. The summed E-state index contributed by atoms with van der Waals surface area (Å²) >= 11 is 0. The van der Waals surface area contributed by atoms with Crippen molar-refractivity contribution in [3.63, 3.8) is 0 Å². The van der Waals surface area contributed by atoms with Gasteiger partial charge in [-0.25, -0.2) is 8.42 Å². The number of fused-ring (bicyclic) bond motifs is 1. The number of benzene rings is 2. The van der Waals surface area contributed by atoms with E-state index in [-0.39, 0.29) is 19.1 Å². The Labute approximate surface area is 145 Å². The van der Waals surface area contributed by atoms with Crippen molar-refractivity contribution in [1.82, 2.24) is 0 Å². The lowest BCUT2D eigenvalue weighted by Gasteiger charge is -2.29. The number of nitrogens with one attached hydrogen (secondary N) is 1. The highest BCUT2D eigenvalue weighted by Gasteiger charge is 2.25. The molecule has 0 saturated carbocycles. The normalized spacial score (nSPS) is 13.4. The van der Waals surface area contributed by atoms with Gasteiger partial charge in [0, 0.05) is 17.3 Å². The number of nitriles is 1. The molecule has 0 spiro atoms. The average Bonchev–Trinajstić information content (AvgIpc) is 2.60. The molecular formula is C17H15N3O4S. The first-order valence-electron chi connectivity index (χ1n) is 7.44. The minimum absolute atomic E-state index is 0.238. The molecule has 0 atom stereocenters. The minimum Gasteiger partial charge on any atom is -0.489 e. The molecule has 0 bridgehead atoms. The van der Waals surface area contributed by atoms with Gasteiger partial charge in [-0.2, -0.15) is 5.26 Å². The van der Waals surface area contributed by atoms with E-state index in [4.69, 9.17) is 10.00 Å². The fourth-order valence-electron chi connectivity index (χ4n) is 2.55. The third-order valence-corrected chi connectivity index (χ3v) is 4.87. The van der Waals surface area contributed by atoms with Gasteiger partial charge in [-0.3, -0.25) is 9.10 Å². The van der Waals surface area contributed by atoms with E-state index in [9.17, 15) is 13.2 Å². The Hall–Kier alpha value is -3.05. The molecule has 0 unspecified atom stereocenters. The van der Waals surface area contributed by atoms with E-state index in [2.05, 4.69) is 5.32 Å². The summed E-state index contributed by atoms with van der Waals surface area (Å²) in [5.41, 5.74) is 1.67. The summed E-state index contributed by atoms with van der Waals surface area (Å²) in [5, 5.41) is 11.6. The maximum absolute atomic E-state index is 12.3. The molecule has 1 aliphatic heterocycles. The fraction of sp³-hybridized carbons (Fsp3) is 0.176. The van der Waals surface area contributed by atoms with Crippen LogP contribution in [0.1, 0.15) is 15.9 Å². The van der Waals surface area contributed by atoms with E-state index < -0.39 is 10.0 Å². The Morgan fingerprint density at radius 2 is 2.08 bits per heavy atom. The van der Waals surface area contributed by atoms with E-state index in [1.807, 2.05) is 6.07 Å². The third kappa shape index (κ3) is 3.56. The fourth-order valence-corrected chi connectivity index (χ4v) is 3.46. The highest BCUT2D eigenvalue weighted by Crippen LogP contribution is 2.35. The predicted molar refractivity (Wildman–Crippen MR) is 93.2 cm³/mol. The number of anilines is 2. The molecule has 1 amide bonds. The van der Waals surface area contributed by atoms with E-state index in [1.165, 1.54) is 10.4 Å². The van der Waals surface area contributed by atoms with Crippen molar-refractivity contribution < 1.29 is 17.9 Å². The molecule has 8 heteroatoms. The second kappa shape index (κ2) is 6.45. The summed E-state index contributed by atoms with van der Waals surface area (Å²) in [6, 6.07) is 13.1. The molecule has 2 aromatic carbocycles. The lowest BCUT2D eigenvalue weighted by molar-refractivity contribution is 0.102. The molecule has 25 heavy (non-hydrogen) atoms. The quantitative estimate of drug-likeness (QED) is 0.905. The van der Waals surface area contributed by atoms with E-state index in [1.54, 1.807) is 36.4 Å². The lowest BCUT2D eigenvalue weighted by Crippen LogP contribution is -2.37. The summed E-state index contributed by atoms with van der Waals surface area (Å²) < 4.78 is 30.4. The number of hydrogen-bond acceptors (Lipinski definition) is 5. The molecule has 1 aliphatic rings. The molecular weight excluding hydrogens is 342 g/mol. The van der Waals surface area contributed by atoms with Crippen molar-refractivity contribution in [3.05, 3.63) is 53.6 Å². The molecule has 1 N–H and O–H groups in total. The summed E-state index contributed by atoms with van der Waals surface area (Å²) in [6.07, 6.45) is 1.14. The van der Waals surface area contributed by atoms with Gasteiger partial charge in [-0.15, -0.1) is 0 Å². The smallest absolute Gasteiger partial charge is 0.255 e. The van der Waals surface area contributed by atoms with Crippen LogP contribution in [0, 0.1) is 11.3 Å². The van der Waals surface area contributed by atoms with Crippen molar-refractivity contribution in [2.75, 3.05) is 29.0 Å². The SMILES string of the molecule is CS(=O)(=O)N1CCOc2cc(NC(=O)c3cccc(C#N)c3)ccc21. The first-order valence-corrected chi connectivity index (χ1v) is 9.29. The molecule has 0 aliphatic carbocycles. The number of ether oxygens (including phenoxy) is 1. The second-order valence-corrected chi connectivity index (χ2v) is 7.42. The molecule has 2 aromatic rings. The highest BCUT2D eigenvalue weighted by atomic mass is 32.2. The second-order valence-electron chi connectivity index (χ2n) is 5.51. The topological polar surface area (TPSA) is 99.5 Å². The van der Waals surface area contributed by atoms with Gasteiger partial charge < -0.3 is 10.1 Å². The van der Waals surface area contributed by atoms with Crippen LogP contribution in [-0.2, 0) is 10.0 Å². The molecule has 0 fully saturated rings. The highest BCUT2D eigenvalue weighted by molar-refractivity contribution is 7.92. The standard InChI is InChI=1S/C17H15N3O4S/c1-25(22,23)20-7-8-24-16-10-14(5-6-15(16)20)19-17(21)13-4-2-3-12(9-13)11-18/h2-6,9-10H,7-8H2,1H3,(H,19,21). The number of carbonyl (C=O) groups excluding carboxylic acids is 1. The van der Waals surface area contributed by atoms with Gasteiger partial charge in [0.05, 0.1) is 30.1 Å². The maximum Gasteiger partial charge on any atom is 0.255 e. The Kier molecular flexibility index (Phi) is 4.33. The summed E-state index contributed by atoms with van der Waals surface area (Å²) in [6.45, 7) is 0.486. The zero-order valence-corrected chi connectivity index (χ0v) is 14.2. The predicted octanol–water partition coefficient (Wildman–Crippen LogP) is 1.97. The minimum atomic E-state index is -3.39. The largest absolute Gasteiger partial charge is 0.489 e. The summed E-state index contributed by atoms with van der Waals surface area (Å²) in [7, 11) is -3.39. The number of sulfonamides is 1. The third-order valence-electron chi connectivity index (χ3n) is 3.69. The first-order chi connectivity index (χ1) is 11.9. The number of amides is 1. The zero-order chi connectivity index (χ0) is 18.0. The van der Waals surface area contributed by atoms with Gasteiger partial charge in [0.25, 0.3) is 5.91 Å². The van der Waals surface area contributed by atoms with Crippen LogP contribution in [0.5, 0.6) is 5.75 Å². The lowest BCUT2D eigenvalue weighted by atomic mass is 10.1. The number of hydrogen-bond donors (Lipinski definition) is 1. The van der Waals surface area contributed by atoms with Gasteiger partial charge in [0.2, 0.25) is 10.0 Å². The summed E-state index contributed by atoms with van der Waals surface area (Å²) in [5.74, 6) is 0.0214. The van der Waals surface area contributed by atoms with E-state index in [0.717, 1.165) is 6.26 Å². The Bertz CT molecular complexity index is 980. The Morgan fingerprint density at radius 3 is 2.80 bits per heavy atom. The van der Waals surface area contributed by atoms with Crippen molar-refractivity contribution in [3.8, 4) is 11.8 Å². The van der Waals surface area contributed by atoms with Crippen LogP contribution in [0.2, 0.25) is 0 Å². The van der Waals surface area contributed by atoms with Gasteiger partial charge in [0.1, 0.15) is 12.4 Å². The summed E-state index contributed by atoms with van der Waals surface area (Å²) in [4.78, 5) is 12.3. The van der Waals surface area contributed by atoms with Gasteiger partial charge in [-0.1, -0.05) is 6.07 Å². The molecule has 0 aromatic heterocycles. The Balaban J connectivity index is 1.85. The first kappa shape index (κ1) is 16.8. The number of nitrogens with zero attached hydrogens (tertiary/aromatic N) is 2. The molecule has 128 valence electrons. The van der Waals surface area contributed by atoms with Crippen LogP contribution in [-0.4, -0.2) is 33.7 Å². The molecule has 3 rings (SSSR count). The van der Waals surface area contributed by atoms with E-state index >= 15 is 0 Å². The van der Waals surface area contributed by atoms with Crippen molar-refractivity contribution in [2.45, 2.75) is 0 Å². The zero-order valence-electron chi connectivity index (χ0n) is 13.4. The average molecular weight is 357 g/mol. The molecule has 0 radical (unpaired) electrons. The maximum atomic E-state index is 12.3. The van der Waals surface area contributed by atoms with Crippen LogP contribution in [0.4, 0.5) is 11.4 Å². The number of rotatable bonds is 3. The van der Waals surface area contributed by atoms with Crippen LogP contribution in [0.15, 0.2) is 42.5 Å². The van der Waals surface area contributed by atoms with Crippen molar-refractivity contribution in [1.29, 1.82) is 5.26 Å².